The molecule has 2 aliphatic rings. The van der Waals surface area contributed by atoms with E-state index in [-0.39, 0.29) is 11.3 Å². The van der Waals surface area contributed by atoms with Crippen molar-refractivity contribution in [2.75, 3.05) is 13.1 Å². The van der Waals surface area contributed by atoms with E-state index in [4.69, 9.17) is 0 Å². The van der Waals surface area contributed by atoms with E-state index in [0.717, 1.165) is 49.1 Å². The number of imidazole rings is 1. The summed E-state index contributed by atoms with van der Waals surface area (Å²) < 4.78 is 1.67. The summed E-state index contributed by atoms with van der Waals surface area (Å²) in [6.45, 7) is 6.19. The molecule has 2 fully saturated rings. The van der Waals surface area contributed by atoms with Gasteiger partial charge in [0.25, 0.3) is 11.5 Å². The highest BCUT2D eigenvalue weighted by Gasteiger charge is 2.32. The fourth-order valence-corrected chi connectivity index (χ4v) is 4.42. The predicted molar refractivity (Wildman–Crippen MR) is 132 cm³/mol. The van der Waals surface area contributed by atoms with Crippen molar-refractivity contribution in [3.63, 3.8) is 0 Å². The third kappa shape index (κ3) is 4.94. The largest absolute Gasteiger partial charge is 0.338 e. The number of aromatic amines is 2. The van der Waals surface area contributed by atoms with Crippen molar-refractivity contribution in [2.45, 2.75) is 39.0 Å². The van der Waals surface area contributed by atoms with Crippen LogP contribution in [0.1, 0.15) is 54.9 Å². The van der Waals surface area contributed by atoms with Crippen molar-refractivity contribution < 1.29 is 4.79 Å². The maximum absolute atomic E-state index is 12.1. The topological polar surface area (TPSA) is 116 Å². The van der Waals surface area contributed by atoms with Gasteiger partial charge in [0, 0.05) is 42.8 Å². The molecular weight excluding hydrogens is 444 g/mol. The average Bonchev–Trinajstić information content (AvgIpc) is 3.46. The predicted octanol–water partition coefficient (Wildman–Crippen LogP) is 3.21. The standard InChI is InChI=1S/C13H11N5O2.C13H17NO/c19-12-9(6-15-13(20)16-12)10-5-8(7-1-2-7)11-14-3-4-18(11)17-10;1-13(2)8-9-14(10-13)12(15)11-6-4-3-5-7-11/h3-7H,1-2H2,(H2,15,16,19,20);3-7H,8-10H2,1-2H3. The van der Waals surface area contributed by atoms with E-state index in [1.807, 2.05) is 41.3 Å². The van der Waals surface area contributed by atoms with Gasteiger partial charge in [0.1, 0.15) is 0 Å². The molecule has 0 bridgehead atoms. The summed E-state index contributed by atoms with van der Waals surface area (Å²) in [6.07, 6.45) is 8.20. The van der Waals surface area contributed by atoms with Crippen molar-refractivity contribution in [3.05, 3.63) is 87.0 Å². The normalized spacial score (nSPS) is 16.7. The van der Waals surface area contributed by atoms with Gasteiger partial charge in [-0.25, -0.2) is 14.3 Å². The van der Waals surface area contributed by atoms with Crippen LogP contribution in [0.4, 0.5) is 0 Å². The molecule has 1 aliphatic heterocycles. The van der Waals surface area contributed by atoms with Crippen molar-refractivity contribution in [1.29, 1.82) is 0 Å². The van der Waals surface area contributed by atoms with Gasteiger partial charge in [-0.15, -0.1) is 0 Å². The minimum atomic E-state index is -0.523. The Hall–Kier alpha value is -4.01. The summed E-state index contributed by atoms with van der Waals surface area (Å²) in [4.78, 5) is 46.0. The molecule has 1 aromatic carbocycles. The molecule has 1 saturated heterocycles. The molecule has 4 aromatic rings. The summed E-state index contributed by atoms with van der Waals surface area (Å²) in [5.74, 6) is 0.657. The lowest BCUT2D eigenvalue weighted by molar-refractivity contribution is 0.0778. The van der Waals surface area contributed by atoms with Gasteiger partial charge in [0.2, 0.25) is 0 Å². The van der Waals surface area contributed by atoms with Crippen LogP contribution in [0.5, 0.6) is 0 Å². The van der Waals surface area contributed by atoms with Gasteiger partial charge in [-0.2, -0.15) is 5.10 Å². The zero-order chi connectivity index (χ0) is 24.6. The van der Waals surface area contributed by atoms with Crippen LogP contribution in [-0.2, 0) is 0 Å². The summed E-state index contributed by atoms with van der Waals surface area (Å²) in [6, 6.07) is 11.4. The van der Waals surface area contributed by atoms with E-state index in [9.17, 15) is 14.4 Å². The van der Waals surface area contributed by atoms with E-state index in [1.165, 1.54) is 6.20 Å². The van der Waals surface area contributed by atoms with Crippen LogP contribution in [0, 0.1) is 5.41 Å². The molecule has 9 heteroatoms. The Kier molecular flexibility index (Phi) is 5.84. The fourth-order valence-electron chi connectivity index (χ4n) is 4.42. The molecule has 4 heterocycles. The lowest BCUT2D eigenvalue weighted by Crippen LogP contribution is -2.30. The Labute approximate surface area is 201 Å². The number of likely N-dealkylation sites (tertiary alicyclic amines) is 1. The first-order valence-corrected chi connectivity index (χ1v) is 11.8. The van der Waals surface area contributed by atoms with Crippen molar-refractivity contribution in [3.8, 4) is 11.3 Å². The number of H-pyrrole nitrogens is 2. The van der Waals surface area contributed by atoms with E-state index >= 15 is 0 Å². The summed E-state index contributed by atoms with van der Waals surface area (Å²) >= 11 is 0. The molecule has 1 saturated carbocycles. The Bertz CT molecular complexity index is 1480. The molecule has 0 unspecified atom stereocenters. The second-order valence-electron chi connectivity index (χ2n) is 9.95. The number of aromatic nitrogens is 5. The highest BCUT2D eigenvalue weighted by Crippen LogP contribution is 2.42. The maximum Gasteiger partial charge on any atom is 0.325 e. The van der Waals surface area contributed by atoms with Gasteiger partial charge in [-0.1, -0.05) is 32.0 Å². The van der Waals surface area contributed by atoms with E-state index in [2.05, 4.69) is 33.9 Å². The van der Waals surface area contributed by atoms with Gasteiger partial charge in [0.15, 0.2) is 5.65 Å². The van der Waals surface area contributed by atoms with Gasteiger partial charge in [-0.3, -0.25) is 14.6 Å². The third-order valence-electron chi connectivity index (χ3n) is 6.49. The van der Waals surface area contributed by atoms with Crippen molar-refractivity contribution in [1.82, 2.24) is 29.5 Å². The van der Waals surface area contributed by atoms with Crippen LogP contribution in [0.25, 0.3) is 16.9 Å². The number of rotatable bonds is 3. The third-order valence-corrected chi connectivity index (χ3v) is 6.49. The summed E-state index contributed by atoms with van der Waals surface area (Å²) in [5, 5.41) is 4.38. The number of nitrogens with zero attached hydrogens (tertiary/aromatic N) is 4. The first-order chi connectivity index (χ1) is 16.8. The average molecular weight is 473 g/mol. The maximum atomic E-state index is 12.1. The smallest absolute Gasteiger partial charge is 0.325 e. The van der Waals surface area contributed by atoms with Gasteiger partial charge in [-0.05, 0) is 48.8 Å². The van der Waals surface area contributed by atoms with Gasteiger partial charge in [0.05, 0.1) is 11.3 Å². The molecule has 0 spiro atoms. The molecule has 1 aliphatic carbocycles. The first kappa shape index (κ1) is 22.8. The second-order valence-corrected chi connectivity index (χ2v) is 9.95. The highest BCUT2D eigenvalue weighted by atomic mass is 16.2. The minimum Gasteiger partial charge on any atom is -0.338 e. The molecule has 0 radical (unpaired) electrons. The van der Waals surface area contributed by atoms with Crippen molar-refractivity contribution in [2.24, 2.45) is 5.41 Å². The number of fused-ring (bicyclic) bond motifs is 1. The van der Waals surface area contributed by atoms with Crippen LogP contribution >= 0.6 is 0 Å². The quantitative estimate of drug-likeness (QED) is 0.475. The molecule has 0 atom stereocenters. The second kappa shape index (κ2) is 8.98. The summed E-state index contributed by atoms with van der Waals surface area (Å²) in [7, 11) is 0. The van der Waals surface area contributed by atoms with Gasteiger partial charge < -0.3 is 9.88 Å². The molecule has 6 rings (SSSR count). The number of carbonyl (C=O) groups excluding carboxylic acids is 1. The molecular formula is C26H28N6O3. The summed E-state index contributed by atoms with van der Waals surface area (Å²) in [5.41, 5.74) is 2.94. The molecule has 1 amide bonds. The lowest BCUT2D eigenvalue weighted by Gasteiger charge is -2.19. The number of nitrogens with one attached hydrogen (secondary N) is 2. The van der Waals surface area contributed by atoms with Crippen LogP contribution in [0.2, 0.25) is 0 Å². The lowest BCUT2D eigenvalue weighted by atomic mass is 9.93. The zero-order valence-corrected chi connectivity index (χ0v) is 19.8. The SMILES string of the molecule is CC1(C)CCN(C(=O)c2ccccc2)C1.O=c1[nH]cc(-c2cc(C3CC3)c3nccn3n2)c(=O)[nH]1. The fraction of sp³-hybridized carbons (Fsp3) is 0.346. The number of benzene rings is 1. The Morgan fingerprint density at radius 2 is 1.91 bits per heavy atom. The monoisotopic (exact) mass is 472 g/mol. The first-order valence-electron chi connectivity index (χ1n) is 11.8. The molecule has 180 valence electrons. The van der Waals surface area contributed by atoms with Crippen LogP contribution < -0.4 is 11.2 Å². The molecule has 2 N–H and O–H groups in total. The minimum absolute atomic E-state index is 0.168. The number of amides is 1. The van der Waals surface area contributed by atoms with Gasteiger partial charge >= 0.3 is 5.69 Å². The number of carbonyl (C=O) groups is 1. The van der Waals surface area contributed by atoms with Crippen molar-refractivity contribution >= 4 is 11.6 Å². The van der Waals surface area contributed by atoms with Crippen LogP contribution in [-0.4, -0.2) is 48.5 Å². The van der Waals surface area contributed by atoms with E-state index < -0.39 is 11.2 Å². The molecule has 9 nitrogen and oxygen atoms in total. The number of hydrogen-bond donors (Lipinski definition) is 2. The zero-order valence-electron chi connectivity index (χ0n) is 19.8. The van der Waals surface area contributed by atoms with Crippen LogP contribution in [0.3, 0.4) is 0 Å². The Morgan fingerprint density at radius 1 is 1.14 bits per heavy atom. The highest BCUT2D eigenvalue weighted by molar-refractivity contribution is 5.94. The Balaban J connectivity index is 0.000000152. The Morgan fingerprint density at radius 3 is 2.57 bits per heavy atom. The molecule has 35 heavy (non-hydrogen) atoms. The molecule has 3 aromatic heterocycles. The van der Waals surface area contributed by atoms with E-state index in [1.54, 1.807) is 16.9 Å². The number of hydrogen-bond acceptors (Lipinski definition) is 5. The van der Waals surface area contributed by atoms with E-state index in [0.29, 0.717) is 17.2 Å². The van der Waals surface area contributed by atoms with Crippen LogP contribution in [0.15, 0.2) is 64.6 Å².